The first kappa shape index (κ1) is 6.62. The lowest BCUT2D eigenvalue weighted by Crippen LogP contribution is -2.17. The van der Waals surface area contributed by atoms with Gasteiger partial charge < -0.3 is 4.90 Å². The minimum absolute atomic E-state index is 1.09. The van der Waals surface area contributed by atoms with Crippen LogP contribution in [0.25, 0.3) is 0 Å². The summed E-state index contributed by atoms with van der Waals surface area (Å²) < 4.78 is 0. The molecule has 0 bridgehead atoms. The number of hydrogen-bond donors (Lipinski definition) is 0. The van der Waals surface area contributed by atoms with Crippen molar-refractivity contribution in [1.29, 1.82) is 0 Å². The molecule has 0 saturated carbocycles. The van der Waals surface area contributed by atoms with Crippen molar-refractivity contribution in [2.75, 3.05) is 26.8 Å². The predicted molar refractivity (Wildman–Crippen MR) is 39.0 cm³/mol. The van der Waals surface area contributed by atoms with Crippen molar-refractivity contribution < 1.29 is 0 Å². The summed E-state index contributed by atoms with van der Waals surface area (Å²) in [5.74, 6) is 0. The fraction of sp³-hybridized carbons (Fsp3) is 0.714. The summed E-state index contributed by atoms with van der Waals surface area (Å²) in [6.07, 6.45) is 4.22. The fourth-order valence-electron chi connectivity index (χ4n) is 1.08. The SMILES string of the molecule is C/C=C/N1CCN(C)C1. The molecule has 0 atom stereocenters. The van der Waals surface area contributed by atoms with Crippen molar-refractivity contribution in [3.63, 3.8) is 0 Å². The zero-order valence-corrected chi connectivity index (χ0v) is 6.17. The van der Waals surface area contributed by atoms with E-state index in [9.17, 15) is 0 Å². The Morgan fingerprint density at radius 1 is 1.33 bits per heavy atom. The largest absolute Gasteiger partial charge is 0.364 e. The molecule has 2 nitrogen and oxygen atoms in total. The third-order valence-electron chi connectivity index (χ3n) is 1.55. The molecule has 0 radical (unpaired) electrons. The van der Waals surface area contributed by atoms with E-state index in [1.165, 1.54) is 13.1 Å². The summed E-state index contributed by atoms with van der Waals surface area (Å²) in [5, 5.41) is 0. The molecule has 0 aromatic rings. The van der Waals surface area contributed by atoms with E-state index < -0.39 is 0 Å². The van der Waals surface area contributed by atoms with Crippen LogP contribution >= 0.6 is 0 Å². The highest BCUT2D eigenvalue weighted by atomic mass is 15.3. The van der Waals surface area contributed by atoms with Crippen LogP contribution in [0.5, 0.6) is 0 Å². The van der Waals surface area contributed by atoms with Gasteiger partial charge in [-0.2, -0.15) is 0 Å². The van der Waals surface area contributed by atoms with Gasteiger partial charge in [0, 0.05) is 13.1 Å². The van der Waals surface area contributed by atoms with Gasteiger partial charge in [-0.1, -0.05) is 6.08 Å². The Morgan fingerprint density at radius 3 is 2.56 bits per heavy atom. The third kappa shape index (κ3) is 1.72. The second-order valence-electron chi connectivity index (χ2n) is 2.52. The van der Waals surface area contributed by atoms with Gasteiger partial charge in [-0.25, -0.2) is 0 Å². The first-order valence-electron chi connectivity index (χ1n) is 3.38. The molecule has 0 amide bonds. The van der Waals surface area contributed by atoms with Crippen LogP contribution in [0.1, 0.15) is 6.92 Å². The van der Waals surface area contributed by atoms with Crippen LogP contribution in [0.4, 0.5) is 0 Å². The minimum Gasteiger partial charge on any atom is -0.364 e. The molecule has 0 unspecified atom stereocenters. The number of rotatable bonds is 1. The van der Waals surface area contributed by atoms with Gasteiger partial charge in [0.15, 0.2) is 0 Å². The summed E-state index contributed by atoms with van der Waals surface area (Å²) >= 11 is 0. The smallest absolute Gasteiger partial charge is 0.0700 e. The maximum atomic E-state index is 2.31. The average Bonchev–Trinajstić information content (AvgIpc) is 2.17. The van der Waals surface area contributed by atoms with E-state index in [1.807, 2.05) is 0 Å². The maximum absolute atomic E-state index is 2.31. The van der Waals surface area contributed by atoms with Crippen molar-refractivity contribution >= 4 is 0 Å². The zero-order chi connectivity index (χ0) is 6.69. The highest BCUT2D eigenvalue weighted by Crippen LogP contribution is 2.00. The van der Waals surface area contributed by atoms with Gasteiger partial charge in [0.25, 0.3) is 0 Å². The van der Waals surface area contributed by atoms with Gasteiger partial charge in [-0.15, -0.1) is 0 Å². The molecule has 1 aliphatic rings. The Hall–Kier alpha value is -0.500. The van der Waals surface area contributed by atoms with E-state index in [2.05, 4.69) is 36.0 Å². The summed E-state index contributed by atoms with van der Waals surface area (Å²) in [5.41, 5.74) is 0. The second-order valence-corrected chi connectivity index (χ2v) is 2.52. The number of likely N-dealkylation sites (N-methyl/N-ethyl adjacent to an activating group) is 1. The predicted octanol–water partition coefficient (Wildman–Crippen LogP) is 0.725. The summed E-state index contributed by atoms with van der Waals surface area (Å²) in [4.78, 5) is 4.61. The third-order valence-corrected chi connectivity index (χ3v) is 1.55. The van der Waals surface area contributed by atoms with E-state index in [1.54, 1.807) is 0 Å². The van der Waals surface area contributed by atoms with Gasteiger partial charge in [-0.3, -0.25) is 4.90 Å². The van der Waals surface area contributed by atoms with Crippen LogP contribution in [0.2, 0.25) is 0 Å². The number of allylic oxidation sites excluding steroid dienone is 1. The van der Waals surface area contributed by atoms with Crippen LogP contribution < -0.4 is 0 Å². The second kappa shape index (κ2) is 2.87. The summed E-state index contributed by atoms with van der Waals surface area (Å²) in [6.45, 7) is 5.52. The molecule has 52 valence electrons. The molecule has 0 N–H and O–H groups in total. The van der Waals surface area contributed by atoms with Crippen LogP contribution in [0.3, 0.4) is 0 Å². The van der Waals surface area contributed by atoms with E-state index in [4.69, 9.17) is 0 Å². The Kier molecular flexibility index (Phi) is 2.11. The monoisotopic (exact) mass is 126 g/mol. The Bertz CT molecular complexity index is 109. The molecule has 0 aromatic heterocycles. The van der Waals surface area contributed by atoms with Crippen LogP contribution in [0.15, 0.2) is 12.3 Å². The summed E-state index contributed by atoms with van der Waals surface area (Å²) in [6, 6.07) is 0. The zero-order valence-electron chi connectivity index (χ0n) is 6.17. The molecular formula is C7H14N2. The Morgan fingerprint density at radius 2 is 2.11 bits per heavy atom. The number of hydrogen-bond acceptors (Lipinski definition) is 2. The van der Waals surface area contributed by atoms with E-state index >= 15 is 0 Å². The van der Waals surface area contributed by atoms with Gasteiger partial charge in [0.2, 0.25) is 0 Å². The minimum atomic E-state index is 1.09. The van der Waals surface area contributed by atoms with E-state index in [0.29, 0.717) is 0 Å². The molecule has 2 heteroatoms. The van der Waals surface area contributed by atoms with E-state index in [0.717, 1.165) is 6.67 Å². The molecular weight excluding hydrogens is 112 g/mol. The van der Waals surface area contributed by atoms with Gasteiger partial charge in [-0.05, 0) is 20.2 Å². The van der Waals surface area contributed by atoms with Crippen molar-refractivity contribution in [3.05, 3.63) is 12.3 Å². The quantitative estimate of drug-likeness (QED) is 0.511. The summed E-state index contributed by atoms with van der Waals surface area (Å²) in [7, 11) is 2.14. The molecule has 1 saturated heterocycles. The molecule has 0 spiro atoms. The molecule has 1 aliphatic heterocycles. The van der Waals surface area contributed by atoms with Crippen LogP contribution in [0, 0.1) is 0 Å². The van der Waals surface area contributed by atoms with Crippen LogP contribution in [-0.2, 0) is 0 Å². The molecule has 0 aliphatic carbocycles. The Labute approximate surface area is 56.8 Å². The molecule has 1 heterocycles. The van der Waals surface area contributed by atoms with Crippen molar-refractivity contribution in [3.8, 4) is 0 Å². The highest BCUT2D eigenvalue weighted by molar-refractivity contribution is 4.82. The average molecular weight is 126 g/mol. The topological polar surface area (TPSA) is 6.48 Å². The molecule has 9 heavy (non-hydrogen) atoms. The van der Waals surface area contributed by atoms with Crippen LogP contribution in [-0.4, -0.2) is 36.6 Å². The molecule has 1 rings (SSSR count). The standard InChI is InChI=1S/C7H14N2/c1-3-4-9-6-5-8(2)7-9/h3-4H,5-7H2,1-2H3/b4-3+. The van der Waals surface area contributed by atoms with Gasteiger partial charge >= 0.3 is 0 Å². The molecule has 0 aromatic carbocycles. The van der Waals surface area contributed by atoms with Gasteiger partial charge in [0.05, 0.1) is 6.67 Å². The first-order chi connectivity index (χ1) is 4.33. The van der Waals surface area contributed by atoms with Crippen molar-refractivity contribution in [2.45, 2.75) is 6.92 Å². The number of nitrogens with zero attached hydrogens (tertiary/aromatic N) is 2. The normalized spacial score (nSPS) is 22.2. The van der Waals surface area contributed by atoms with Gasteiger partial charge in [0.1, 0.15) is 0 Å². The first-order valence-corrected chi connectivity index (χ1v) is 3.38. The molecule has 1 fully saturated rings. The van der Waals surface area contributed by atoms with Crippen molar-refractivity contribution in [2.24, 2.45) is 0 Å². The Balaban J connectivity index is 2.30. The highest BCUT2D eigenvalue weighted by Gasteiger charge is 2.10. The van der Waals surface area contributed by atoms with E-state index in [-0.39, 0.29) is 0 Å². The van der Waals surface area contributed by atoms with Crippen molar-refractivity contribution in [1.82, 2.24) is 9.80 Å². The lowest BCUT2D eigenvalue weighted by atomic mass is 10.6. The fourth-order valence-corrected chi connectivity index (χ4v) is 1.08. The maximum Gasteiger partial charge on any atom is 0.0700 e. The lowest BCUT2D eigenvalue weighted by Gasteiger charge is -2.10. The lowest BCUT2D eigenvalue weighted by molar-refractivity contribution is 0.340.